The summed E-state index contributed by atoms with van der Waals surface area (Å²) in [6, 6.07) is 11.7. The average Bonchev–Trinajstić information content (AvgIpc) is 3.07. The Kier molecular flexibility index (Phi) is 5.63. The summed E-state index contributed by atoms with van der Waals surface area (Å²) in [5.74, 6) is 0.413. The van der Waals surface area contributed by atoms with E-state index < -0.39 is 0 Å². The Balaban J connectivity index is 1.59. The smallest absolute Gasteiger partial charge is 0.265 e. The molecular formula is C23H22N4O5. The summed E-state index contributed by atoms with van der Waals surface area (Å²) in [6.45, 7) is 5.23. The minimum atomic E-state index is -0.350. The van der Waals surface area contributed by atoms with Crippen LogP contribution in [0.15, 0.2) is 47.0 Å². The Morgan fingerprint density at radius 1 is 1.09 bits per heavy atom. The van der Waals surface area contributed by atoms with Crippen LogP contribution in [0.1, 0.15) is 34.3 Å². The number of amides is 3. The molecule has 2 heterocycles. The maximum absolute atomic E-state index is 12.8. The molecule has 0 atom stereocenters. The monoisotopic (exact) mass is 434 g/mol. The van der Waals surface area contributed by atoms with Gasteiger partial charge in [-0.25, -0.2) is 0 Å². The molecular weight excluding hydrogens is 412 g/mol. The highest BCUT2D eigenvalue weighted by molar-refractivity contribution is 6.06. The van der Waals surface area contributed by atoms with Gasteiger partial charge in [0, 0.05) is 29.4 Å². The second kappa shape index (κ2) is 8.54. The molecule has 0 saturated carbocycles. The van der Waals surface area contributed by atoms with Gasteiger partial charge < -0.3 is 24.8 Å². The summed E-state index contributed by atoms with van der Waals surface area (Å²) in [5.41, 5.74) is 3.50. The van der Waals surface area contributed by atoms with Crippen molar-refractivity contribution >= 4 is 34.8 Å². The quantitative estimate of drug-likeness (QED) is 0.636. The van der Waals surface area contributed by atoms with E-state index in [4.69, 9.17) is 9.26 Å². The Hall–Kier alpha value is -4.14. The number of ether oxygens (including phenoxy) is 1. The lowest BCUT2D eigenvalue weighted by Crippen LogP contribution is -2.38. The normalized spacial score (nSPS) is 12.7. The molecule has 0 bridgehead atoms. The molecule has 0 radical (unpaired) electrons. The van der Waals surface area contributed by atoms with Crippen LogP contribution in [-0.2, 0) is 16.1 Å². The van der Waals surface area contributed by atoms with Crippen molar-refractivity contribution in [3.8, 4) is 5.75 Å². The molecule has 164 valence electrons. The van der Waals surface area contributed by atoms with Crippen LogP contribution >= 0.6 is 0 Å². The molecule has 0 saturated heterocycles. The molecule has 1 aliphatic heterocycles. The molecule has 4 rings (SSSR count). The van der Waals surface area contributed by atoms with E-state index in [1.165, 1.54) is 6.92 Å². The molecule has 0 aliphatic carbocycles. The summed E-state index contributed by atoms with van der Waals surface area (Å²) in [7, 11) is 0. The number of aryl methyl sites for hydroxylation is 2. The van der Waals surface area contributed by atoms with E-state index in [-0.39, 0.29) is 30.9 Å². The topological polar surface area (TPSA) is 114 Å². The Morgan fingerprint density at radius 2 is 1.88 bits per heavy atom. The first-order valence-electron chi connectivity index (χ1n) is 10.00. The molecule has 2 aromatic carbocycles. The van der Waals surface area contributed by atoms with E-state index in [9.17, 15) is 14.4 Å². The third-order valence-electron chi connectivity index (χ3n) is 5.10. The molecule has 1 aliphatic rings. The van der Waals surface area contributed by atoms with Gasteiger partial charge in [-0.3, -0.25) is 14.4 Å². The van der Waals surface area contributed by atoms with Crippen molar-refractivity contribution in [2.24, 2.45) is 0 Å². The van der Waals surface area contributed by atoms with E-state index in [1.54, 1.807) is 54.3 Å². The van der Waals surface area contributed by atoms with Crippen LogP contribution in [-0.4, -0.2) is 29.5 Å². The fourth-order valence-corrected chi connectivity index (χ4v) is 3.48. The van der Waals surface area contributed by atoms with Crippen LogP contribution in [0.3, 0.4) is 0 Å². The van der Waals surface area contributed by atoms with Gasteiger partial charge in [0.2, 0.25) is 5.91 Å². The Labute approximate surface area is 184 Å². The van der Waals surface area contributed by atoms with Crippen molar-refractivity contribution in [1.29, 1.82) is 0 Å². The number of rotatable bonds is 5. The highest BCUT2D eigenvalue weighted by Crippen LogP contribution is 2.36. The van der Waals surface area contributed by atoms with Crippen molar-refractivity contribution in [2.45, 2.75) is 27.3 Å². The van der Waals surface area contributed by atoms with E-state index in [1.807, 2.05) is 6.92 Å². The fraction of sp³-hybridized carbons (Fsp3) is 0.217. The molecule has 0 unspecified atom stereocenters. The van der Waals surface area contributed by atoms with Gasteiger partial charge in [-0.2, -0.15) is 0 Å². The summed E-state index contributed by atoms with van der Waals surface area (Å²) in [5, 5.41) is 9.43. The second-order valence-corrected chi connectivity index (χ2v) is 7.47. The predicted molar refractivity (Wildman–Crippen MR) is 118 cm³/mol. The molecule has 9 nitrogen and oxygen atoms in total. The Morgan fingerprint density at radius 3 is 2.59 bits per heavy atom. The van der Waals surface area contributed by atoms with Gasteiger partial charge >= 0.3 is 0 Å². The zero-order valence-corrected chi connectivity index (χ0v) is 17.9. The van der Waals surface area contributed by atoms with E-state index in [0.29, 0.717) is 39.8 Å². The van der Waals surface area contributed by atoms with Crippen molar-refractivity contribution in [1.82, 2.24) is 5.16 Å². The van der Waals surface area contributed by atoms with Gasteiger partial charge in [-0.1, -0.05) is 11.2 Å². The lowest BCUT2D eigenvalue weighted by atomic mass is 10.1. The first-order chi connectivity index (χ1) is 15.3. The van der Waals surface area contributed by atoms with Crippen molar-refractivity contribution in [2.75, 3.05) is 22.1 Å². The molecule has 3 aromatic rings. The van der Waals surface area contributed by atoms with Gasteiger partial charge in [-0.15, -0.1) is 0 Å². The van der Waals surface area contributed by atoms with Crippen LogP contribution in [0.25, 0.3) is 0 Å². The number of hydrogen-bond acceptors (Lipinski definition) is 6. The highest BCUT2D eigenvalue weighted by Gasteiger charge is 2.28. The van der Waals surface area contributed by atoms with Gasteiger partial charge in [0.15, 0.2) is 6.61 Å². The SMILES string of the molecule is CC(=O)Nc1cccc(C(=O)Nc2ccc3c(c2)N(Cc2c(C)noc2C)C(=O)CO3)c1. The largest absolute Gasteiger partial charge is 0.482 e. The maximum Gasteiger partial charge on any atom is 0.265 e. The summed E-state index contributed by atoms with van der Waals surface area (Å²) in [4.78, 5) is 38.2. The zero-order valence-electron chi connectivity index (χ0n) is 17.9. The van der Waals surface area contributed by atoms with E-state index in [2.05, 4.69) is 15.8 Å². The molecule has 32 heavy (non-hydrogen) atoms. The summed E-state index contributed by atoms with van der Waals surface area (Å²) < 4.78 is 10.8. The number of benzene rings is 2. The fourth-order valence-electron chi connectivity index (χ4n) is 3.48. The predicted octanol–water partition coefficient (Wildman–Crippen LogP) is 3.43. The zero-order chi connectivity index (χ0) is 22.8. The molecule has 2 N–H and O–H groups in total. The van der Waals surface area contributed by atoms with Crippen LogP contribution in [0.4, 0.5) is 17.1 Å². The highest BCUT2D eigenvalue weighted by atomic mass is 16.5. The summed E-state index contributed by atoms with van der Waals surface area (Å²) >= 11 is 0. The van der Waals surface area contributed by atoms with E-state index >= 15 is 0 Å². The third-order valence-corrected chi connectivity index (χ3v) is 5.10. The lowest BCUT2D eigenvalue weighted by Gasteiger charge is -2.29. The number of carbonyl (C=O) groups excluding carboxylic acids is 3. The number of nitrogens with one attached hydrogen (secondary N) is 2. The maximum atomic E-state index is 12.8. The first kappa shape index (κ1) is 21.1. The van der Waals surface area contributed by atoms with Gasteiger partial charge in [0.05, 0.1) is 17.9 Å². The van der Waals surface area contributed by atoms with Crippen LogP contribution in [0.2, 0.25) is 0 Å². The van der Waals surface area contributed by atoms with Gasteiger partial charge in [0.25, 0.3) is 11.8 Å². The molecule has 3 amide bonds. The first-order valence-corrected chi connectivity index (χ1v) is 10.00. The number of anilines is 3. The molecule has 0 spiro atoms. The van der Waals surface area contributed by atoms with Crippen molar-refractivity contribution in [3.05, 3.63) is 65.0 Å². The number of nitrogens with zero attached hydrogens (tertiary/aromatic N) is 2. The van der Waals surface area contributed by atoms with Gasteiger partial charge in [0.1, 0.15) is 11.5 Å². The number of fused-ring (bicyclic) bond motifs is 1. The summed E-state index contributed by atoms with van der Waals surface area (Å²) in [6.07, 6.45) is 0. The van der Waals surface area contributed by atoms with Crippen LogP contribution in [0, 0.1) is 13.8 Å². The number of aromatic nitrogens is 1. The molecule has 9 heteroatoms. The van der Waals surface area contributed by atoms with E-state index in [0.717, 1.165) is 5.56 Å². The third kappa shape index (κ3) is 4.31. The molecule has 1 aromatic heterocycles. The van der Waals surface area contributed by atoms with Gasteiger partial charge in [-0.05, 0) is 50.2 Å². The second-order valence-electron chi connectivity index (χ2n) is 7.47. The van der Waals surface area contributed by atoms with Crippen molar-refractivity contribution < 1.29 is 23.6 Å². The van der Waals surface area contributed by atoms with Crippen LogP contribution in [0.5, 0.6) is 5.75 Å². The average molecular weight is 434 g/mol. The molecule has 0 fully saturated rings. The number of carbonyl (C=O) groups is 3. The minimum absolute atomic E-state index is 0.0714. The van der Waals surface area contributed by atoms with Crippen LogP contribution < -0.4 is 20.3 Å². The Bertz CT molecular complexity index is 1200. The minimum Gasteiger partial charge on any atom is -0.482 e. The number of hydrogen-bond donors (Lipinski definition) is 2. The van der Waals surface area contributed by atoms with Crippen molar-refractivity contribution in [3.63, 3.8) is 0 Å². The lowest BCUT2D eigenvalue weighted by molar-refractivity contribution is -0.121. The standard InChI is InChI=1S/C23H22N4O5/c1-13-19(14(2)32-26-13)11-27-20-10-18(7-8-21(20)31-12-22(27)29)25-23(30)16-5-4-6-17(9-16)24-15(3)28/h4-10H,11-12H2,1-3H3,(H,24,28)(H,25,30).